The largest absolute Gasteiger partial charge is 0.396 e. The maximum Gasteiger partial charge on any atom is 0.194 e. The van der Waals surface area contributed by atoms with Crippen LogP contribution in [0.25, 0.3) is 0 Å². The number of halogens is 3. The van der Waals surface area contributed by atoms with Gasteiger partial charge in [0.1, 0.15) is 0 Å². The summed E-state index contributed by atoms with van der Waals surface area (Å²) in [5.41, 5.74) is 0.316. The minimum atomic E-state index is -1.45. The van der Waals surface area contributed by atoms with Crippen LogP contribution in [0, 0.1) is 23.4 Å². The van der Waals surface area contributed by atoms with Crippen molar-refractivity contribution in [1.29, 1.82) is 0 Å². The molecule has 1 aromatic rings. The lowest BCUT2D eigenvalue weighted by Gasteiger charge is -2.40. The van der Waals surface area contributed by atoms with Crippen molar-refractivity contribution >= 4 is 5.69 Å². The zero-order valence-electron chi connectivity index (χ0n) is 7.88. The van der Waals surface area contributed by atoms with E-state index in [-0.39, 0.29) is 12.5 Å². The molecule has 2 nitrogen and oxygen atoms in total. The van der Waals surface area contributed by atoms with E-state index < -0.39 is 17.5 Å². The molecule has 5 heteroatoms. The highest BCUT2D eigenvalue weighted by atomic mass is 19.2. The molecule has 15 heavy (non-hydrogen) atoms. The summed E-state index contributed by atoms with van der Waals surface area (Å²) in [7, 11) is 0. The lowest BCUT2D eigenvalue weighted by molar-refractivity contribution is 0.200. The van der Waals surface area contributed by atoms with E-state index in [0.717, 1.165) is 12.1 Å². The van der Waals surface area contributed by atoms with E-state index in [4.69, 9.17) is 5.11 Å². The van der Waals surface area contributed by atoms with Crippen LogP contribution in [0.2, 0.25) is 0 Å². The molecule has 0 saturated carbocycles. The summed E-state index contributed by atoms with van der Waals surface area (Å²) in [5, 5.41) is 8.77. The van der Waals surface area contributed by atoms with E-state index in [0.29, 0.717) is 18.8 Å². The predicted molar refractivity (Wildman–Crippen MR) is 49.1 cm³/mol. The zero-order chi connectivity index (χ0) is 11.0. The molecule has 1 N–H and O–H groups in total. The van der Waals surface area contributed by atoms with Gasteiger partial charge in [0.05, 0.1) is 0 Å². The minimum absolute atomic E-state index is 0.0582. The normalized spacial score (nSPS) is 16.7. The van der Waals surface area contributed by atoms with E-state index in [1.165, 1.54) is 0 Å². The van der Waals surface area contributed by atoms with Crippen LogP contribution in [0.3, 0.4) is 0 Å². The van der Waals surface area contributed by atoms with Crippen LogP contribution >= 0.6 is 0 Å². The molecule has 1 heterocycles. The number of hydrogen-bond acceptors (Lipinski definition) is 2. The Morgan fingerprint density at radius 3 is 2.20 bits per heavy atom. The summed E-state index contributed by atoms with van der Waals surface area (Å²) in [6.07, 6.45) is 0. The highest BCUT2D eigenvalue weighted by Gasteiger charge is 2.27. The third-order valence-corrected chi connectivity index (χ3v) is 2.55. The third kappa shape index (κ3) is 1.79. The van der Waals surface area contributed by atoms with Crippen LogP contribution in [-0.4, -0.2) is 24.8 Å². The number of aliphatic hydroxyl groups is 1. The molecule has 1 aliphatic rings. The molecule has 0 amide bonds. The standard InChI is InChI=1S/C10H10F3NO/c11-8-1-7(2-9(12)10(8)13)14-3-6(4-14)5-15/h1-2,6,15H,3-5H2. The molecule has 1 aliphatic heterocycles. The highest BCUT2D eigenvalue weighted by Crippen LogP contribution is 2.27. The van der Waals surface area contributed by atoms with Crippen molar-refractivity contribution < 1.29 is 18.3 Å². The Bertz CT molecular complexity index is 354. The Morgan fingerprint density at radius 1 is 1.20 bits per heavy atom. The van der Waals surface area contributed by atoms with E-state index in [1.54, 1.807) is 4.90 Å². The summed E-state index contributed by atoms with van der Waals surface area (Å²) in [6, 6.07) is 1.93. The third-order valence-electron chi connectivity index (χ3n) is 2.55. The maximum atomic E-state index is 12.8. The monoisotopic (exact) mass is 217 g/mol. The van der Waals surface area contributed by atoms with Gasteiger partial charge in [-0.15, -0.1) is 0 Å². The first-order valence-corrected chi connectivity index (χ1v) is 4.62. The Hall–Kier alpha value is -1.23. The second-order valence-corrected chi connectivity index (χ2v) is 3.68. The first-order valence-electron chi connectivity index (χ1n) is 4.62. The first-order chi connectivity index (χ1) is 7.11. The number of aliphatic hydroxyl groups excluding tert-OH is 1. The molecule has 0 aromatic heterocycles. The smallest absolute Gasteiger partial charge is 0.194 e. The number of hydrogen-bond donors (Lipinski definition) is 1. The average Bonchev–Trinajstić information content (AvgIpc) is 2.12. The first kappa shape index (κ1) is 10.3. The van der Waals surface area contributed by atoms with E-state index >= 15 is 0 Å². The topological polar surface area (TPSA) is 23.5 Å². The van der Waals surface area contributed by atoms with Gasteiger partial charge in [0.15, 0.2) is 17.5 Å². The van der Waals surface area contributed by atoms with Crippen LogP contribution in [-0.2, 0) is 0 Å². The lowest BCUT2D eigenvalue weighted by atomic mass is 10.0. The van der Waals surface area contributed by atoms with Gasteiger partial charge in [0.25, 0.3) is 0 Å². The van der Waals surface area contributed by atoms with Gasteiger partial charge in [-0.05, 0) is 0 Å². The van der Waals surface area contributed by atoms with Crippen LogP contribution < -0.4 is 4.90 Å². The van der Waals surface area contributed by atoms with E-state index in [1.807, 2.05) is 0 Å². The van der Waals surface area contributed by atoms with Crippen molar-refractivity contribution in [2.24, 2.45) is 5.92 Å². The van der Waals surface area contributed by atoms with E-state index in [2.05, 4.69) is 0 Å². The van der Waals surface area contributed by atoms with Crippen LogP contribution in [0.1, 0.15) is 0 Å². The van der Waals surface area contributed by atoms with Crippen molar-refractivity contribution in [1.82, 2.24) is 0 Å². The Balaban J connectivity index is 2.17. The molecule has 0 atom stereocenters. The molecule has 0 unspecified atom stereocenters. The molecule has 1 fully saturated rings. The molecule has 2 rings (SSSR count). The fourth-order valence-electron chi connectivity index (χ4n) is 1.62. The number of benzene rings is 1. The highest BCUT2D eigenvalue weighted by molar-refractivity contribution is 5.49. The number of anilines is 1. The molecule has 0 radical (unpaired) electrons. The van der Waals surface area contributed by atoms with Gasteiger partial charge in [-0.1, -0.05) is 0 Å². The van der Waals surface area contributed by atoms with Crippen LogP contribution in [0.15, 0.2) is 12.1 Å². The number of rotatable bonds is 2. The lowest BCUT2D eigenvalue weighted by Crippen LogP contribution is -2.48. The number of nitrogens with zero attached hydrogens (tertiary/aromatic N) is 1. The molecule has 1 aromatic carbocycles. The fraction of sp³-hybridized carbons (Fsp3) is 0.400. The summed E-state index contributed by atoms with van der Waals surface area (Å²) < 4.78 is 38.3. The molecule has 82 valence electrons. The van der Waals surface area contributed by atoms with Crippen LogP contribution in [0.5, 0.6) is 0 Å². The van der Waals surface area contributed by atoms with Gasteiger partial charge in [-0.3, -0.25) is 0 Å². The Kier molecular flexibility index (Phi) is 2.56. The zero-order valence-corrected chi connectivity index (χ0v) is 7.88. The van der Waals surface area contributed by atoms with Crippen molar-refractivity contribution in [3.8, 4) is 0 Å². The maximum absolute atomic E-state index is 12.8. The summed E-state index contributed by atoms with van der Waals surface area (Å²) in [6.45, 7) is 1.14. The van der Waals surface area contributed by atoms with Gasteiger partial charge in [-0.25, -0.2) is 13.2 Å². The van der Waals surface area contributed by atoms with Crippen molar-refractivity contribution in [3.05, 3.63) is 29.6 Å². The van der Waals surface area contributed by atoms with Gasteiger partial charge in [0, 0.05) is 43.4 Å². The minimum Gasteiger partial charge on any atom is -0.396 e. The second-order valence-electron chi connectivity index (χ2n) is 3.68. The quantitative estimate of drug-likeness (QED) is 0.759. The van der Waals surface area contributed by atoms with E-state index in [9.17, 15) is 13.2 Å². The van der Waals surface area contributed by atoms with Gasteiger partial charge >= 0.3 is 0 Å². The van der Waals surface area contributed by atoms with Crippen molar-refractivity contribution in [2.75, 3.05) is 24.6 Å². The summed E-state index contributed by atoms with van der Waals surface area (Å²) in [4.78, 5) is 1.69. The van der Waals surface area contributed by atoms with Crippen molar-refractivity contribution in [3.63, 3.8) is 0 Å². The molecular formula is C10H10F3NO. The molecule has 0 spiro atoms. The Morgan fingerprint density at radius 2 is 1.73 bits per heavy atom. The van der Waals surface area contributed by atoms with Crippen LogP contribution in [0.4, 0.5) is 18.9 Å². The van der Waals surface area contributed by atoms with Crippen molar-refractivity contribution in [2.45, 2.75) is 0 Å². The Labute approximate surface area is 84.9 Å². The van der Waals surface area contributed by atoms with Gasteiger partial charge in [-0.2, -0.15) is 0 Å². The van der Waals surface area contributed by atoms with Gasteiger partial charge in [0.2, 0.25) is 0 Å². The molecule has 1 saturated heterocycles. The SMILES string of the molecule is OCC1CN(c2cc(F)c(F)c(F)c2)C1. The fourth-order valence-corrected chi connectivity index (χ4v) is 1.62. The molecular weight excluding hydrogens is 207 g/mol. The molecule has 0 bridgehead atoms. The summed E-state index contributed by atoms with van der Waals surface area (Å²) in [5.74, 6) is -3.67. The average molecular weight is 217 g/mol. The molecule has 0 aliphatic carbocycles. The second kappa shape index (κ2) is 3.73. The predicted octanol–water partition coefficient (Wildman–Crippen LogP) is 1.53. The van der Waals surface area contributed by atoms with Gasteiger partial charge < -0.3 is 10.0 Å². The summed E-state index contributed by atoms with van der Waals surface area (Å²) >= 11 is 0.